The van der Waals surface area contributed by atoms with Crippen LogP contribution in [0.4, 0.5) is 4.39 Å². The van der Waals surface area contributed by atoms with E-state index in [2.05, 4.69) is 0 Å². The van der Waals surface area contributed by atoms with Crippen molar-refractivity contribution >= 4 is 10.9 Å². The molecule has 0 aliphatic carbocycles. The van der Waals surface area contributed by atoms with Crippen molar-refractivity contribution in [1.82, 2.24) is 9.55 Å². The summed E-state index contributed by atoms with van der Waals surface area (Å²) in [5, 5.41) is -0.0883. The van der Waals surface area contributed by atoms with Gasteiger partial charge in [-0.3, -0.25) is 14.3 Å². The maximum atomic E-state index is 13.2. The Kier molecular flexibility index (Phi) is 3.60. The van der Waals surface area contributed by atoms with E-state index in [1.54, 1.807) is 0 Å². The normalized spacial score (nSPS) is 9.75. The molecule has 0 radical (unpaired) electrons. The van der Waals surface area contributed by atoms with Crippen LogP contribution in [0.15, 0.2) is 27.8 Å². The van der Waals surface area contributed by atoms with Crippen molar-refractivity contribution in [2.45, 2.75) is 13.8 Å². The molecule has 0 amide bonds. The molecule has 0 spiro atoms. The monoisotopic (exact) mass is 224 g/mol. The van der Waals surface area contributed by atoms with Gasteiger partial charge in [0.2, 0.25) is 0 Å². The predicted molar refractivity (Wildman–Crippen MR) is 61.1 cm³/mol. The van der Waals surface area contributed by atoms with Crippen LogP contribution in [0.2, 0.25) is 0 Å². The molecule has 0 saturated carbocycles. The standard InChI is InChI=1S/C9H7FN2O2.C2H6/c1-12-6-4-2-3-5(10)7(6)8(13)11-9(12)14;1-2/h2-4H,1H3,(H,11,13,14);1-2H3. The number of rotatable bonds is 0. The number of hydrogen-bond donors (Lipinski definition) is 1. The first-order valence-corrected chi connectivity index (χ1v) is 4.99. The number of halogens is 1. The first-order valence-electron chi connectivity index (χ1n) is 4.99. The summed E-state index contributed by atoms with van der Waals surface area (Å²) >= 11 is 0. The van der Waals surface area contributed by atoms with Gasteiger partial charge < -0.3 is 0 Å². The molecule has 5 heteroatoms. The van der Waals surface area contributed by atoms with E-state index < -0.39 is 17.1 Å². The highest BCUT2D eigenvalue weighted by Crippen LogP contribution is 2.10. The molecule has 1 aromatic heterocycles. The number of benzene rings is 1. The molecular weight excluding hydrogens is 211 g/mol. The van der Waals surface area contributed by atoms with Crippen molar-refractivity contribution in [3.05, 3.63) is 44.9 Å². The maximum Gasteiger partial charge on any atom is 0.328 e. The second-order valence-corrected chi connectivity index (χ2v) is 2.95. The van der Waals surface area contributed by atoms with E-state index in [9.17, 15) is 14.0 Å². The van der Waals surface area contributed by atoms with Gasteiger partial charge >= 0.3 is 5.69 Å². The Balaban J connectivity index is 0.000000606. The van der Waals surface area contributed by atoms with Crippen LogP contribution in [-0.4, -0.2) is 9.55 Å². The lowest BCUT2D eigenvalue weighted by atomic mass is 10.2. The van der Waals surface area contributed by atoms with Gasteiger partial charge in [-0.15, -0.1) is 0 Å². The molecule has 16 heavy (non-hydrogen) atoms. The van der Waals surface area contributed by atoms with Crippen LogP contribution >= 0.6 is 0 Å². The quantitative estimate of drug-likeness (QED) is 0.735. The minimum atomic E-state index is -0.693. The van der Waals surface area contributed by atoms with Crippen molar-refractivity contribution in [1.29, 1.82) is 0 Å². The average Bonchev–Trinajstić information content (AvgIpc) is 2.28. The second kappa shape index (κ2) is 4.74. The highest BCUT2D eigenvalue weighted by atomic mass is 19.1. The summed E-state index contributed by atoms with van der Waals surface area (Å²) in [5.41, 5.74) is -0.951. The van der Waals surface area contributed by atoms with Gasteiger partial charge in [0.15, 0.2) is 0 Å². The van der Waals surface area contributed by atoms with Crippen LogP contribution in [-0.2, 0) is 7.05 Å². The number of nitrogens with one attached hydrogen (secondary N) is 1. The van der Waals surface area contributed by atoms with E-state index in [0.717, 1.165) is 0 Å². The van der Waals surface area contributed by atoms with Gasteiger partial charge in [-0.05, 0) is 12.1 Å². The summed E-state index contributed by atoms with van der Waals surface area (Å²) in [6, 6.07) is 4.16. The highest BCUT2D eigenvalue weighted by Gasteiger charge is 2.07. The van der Waals surface area contributed by atoms with E-state index in [-0.39, 0.29) is 5.39 Å². The molecule has 2 rings (SSSR count). The predicted octanol–water partition coefficient (Wildman–Crippen LogP) is 1.39. The Morgan fingerprint density at radius 3 is 2.50 bits per heavy atom. The third-order valence-electron chi connectivity index (χ3n) is 2.11. The van der Waals surface area contributed by atoms with Gasteiger partial charge in [0.25, 0.3) is 5.56 Å². The van der Waals surface area contributed by atoms with Crippen LogP contribution in [0.5, 0.6) is 0 Å². The molecular formula is C11H13FN2O2. The molecule has 1 heterocycles. The number of fused-ring (bicyclic) bond motifs is 1. The third kappa shape index (κ3) is 1.88. The fraction of sp³-hybridized carbons (Fsp3) is 0.273. The molecule has 2 aromatic rings. The lowest BCUT2D eigenvalue weighted by Gasteiger charge is -2.02. The Morgan fingerprint density at radius 2 is 1.88 bits per heavy atom. The number of aromatic nitrogens is 2. The second-order valence-electron chi connectivity index (χ2n) is 2.95. The molecule has 0 aliphatic heterocycles. The summed E-state index contributed by atoms with van der Waals surface area (Å²) in [5.74, 6) is -0.626. The number of aryl methyl sites for hydroxylation is 1. The van der Waals surface area contributed by atoms with Gasteiger partial charge in [0, 0.05) is 7.05 Å². The zero-order chi connectivity index (χ0) is 12.3. The van der Waals surface area contributed by atoms with Crippen molar-refractivity contribution in [3.8, 4) is 0 Å². The molecule has 1 N–H and O–H groups in total. The van der Waals surface area contributed by atoms with E-state index in [4.69, 9.17) is 0 Å². The Bertz CT molecular complexity index is 613. The van der Waals surface area contributed by atoms with Crippen LogP contribution in [0.25, 0.3) is 10.9 Å². The number of hydrogen-bond acceptors (Lipinski definition) is 2. The first-order chi connectivity index (χ1) is 7.61. The summed E-state index contributed by atoms with van der Waals surface area (Å²) < 4.78 is 14.4. The van der Waals surface area contributed by atoms with E-state index in [1.807, 2.05) is 18.8 Å². The van der Waals surface area contributed by atoms with E-state index >= 15 is 0 Å². The molecule has 1 aromatic carbocycles. The zero-order valence-electron chi connectivity index (χ0n) is 9.37. The van der Waals surface area contributed by atoms with Crippen LogP contribution in [0.1, 0.15) is 13.8 Å². The van der Waals surface area contributed by atoms with E-state index in [1.165, 1.54) is 29.8 Å². The SMILES string of the molecule is CC.Cn1c(=O)[nH]c(=O)c2c(F)cccc21. The Labute approximate surface area is 91.4 Å². The summed E-state index contributed by atoms with van der Waals surface area (Å²) in [6.45, 7) is 4.00. The van der Waals surface area contributed by atoms with Gasteiger partial charge in [0.05, 0.1) is 10.9 Å². The van der Waals surface area contributed by atoms with Crippen LogP contribution < -0.4 is 11.2 Å². The summed E-state index contributed by atoms with van der Waals surface area (Å²) in [6.07, 6.45) is 0. The maximum absolute atomic E-state index is 13.2. The lowest BCUT2D eigenvalue weighted by Crippen LogP contribution is -2.28. The third-order valence-corrected chi connectivity index (χ3v) is 2.11. The molecule has 0 unspecified atom stereocenters. The number of H-pyrrole nitrogens is 1. The zero-order valence-corrected chi connectivity index (χ0v) is 9.37. The van der Waals surface area contributed by atoms with Gasteiger partial charge in [0.1, 0.15) is 5.82 Å². The summed E-state index contributed by atoms with van der Waals surface area (Å²) in [4.78, 5) is 24.4. The fourth-order valence-electron chi connectivity index (χ4n) is 1.37. The van der Waals surface area contributed by atoms with Crippen LogP contribution in [0.3, 0.4) is 0 Å². The molecule has 0 saturated heterocycles. The number of nitrogens with zero attached hydrogens (tertiary/aromatic N) is 1. The Hall–Kier alpha value is -1.91. The minimum Gasteiger partial charge on any atom is -0.296 e. The first kappa shape index (κ1) is 12.2. The minimum absolute atomic E-state index is 0.0883. The van der Waals surface area contributed by atoms with Gasteiger partial charge in [-0.2, -0.15) is 0 Å². The van der Waals surface area contributed by atoms with Crippen LogP contribution in [0, 0.1) is 5.82 Å². The van der Waals surface area contributed by atoms with Crippen molar-refractivity contribution in [3.63, 3.8) is 0 Å². The lowest BCUT2D eigenvalue weighted by molar-refractivity contribution is 0.636. The number of aromatic amines is 1. The van der Waals surface area contributed by atoms with E-state index in [0.29, 0.717) is 5.52 Å². The van der Waals surface area contributed by atoms with Crippen molar-refractivity contribution < 1.29 is 4.39 Å². The average molecular weight is 224 g/mol. The smallest absolute Gasteiger partial charge is 0.296 e. The molecule has 4 nitrogen and oxygen atoms in total. The topological polar surface area (TPSA) is 54.9 Å². The molecule has 0 bridgehead atoms. The molecule has 86 valence electrons. The molecule has 0 aliphatic rings. The molecule has 0 fully saturated rings. The fourth-order valence-corrected chi connectivity index (χ4v) is 1.37. The summed E-state index contributed by atoms with van der Waals surface area (Å²) in [7, 11) is 1.47. The highest BCUT2D eigenvalue weighted by molar-refractivity contribution is 5.78. The van der Waals surface area contributed by atoms with Crippen molar-refractivity contribution in [2.75, 3.05) is 0 Å². The van der Waals surface area contributed by atoms with Gasteiger partial charge in [-0.1, -0.05) is 19.9 Å². The van der Waals surface area contributed by atoms with Gasteiger partial charge in [-0.25, -0.2) is 9.18 Å². The Morgan fingerprint density at radius 1 is 1.25 bits per heavy atom. The molecule has 0 atom stereocenters. The largest absolute Gasteiger partial charge is 0.328 e. The van der Waals surface area contributed by atoms with Crippen molar-refractivity contribution in [2.24, 2.45) is 7.05 Å².